The summed E-state index contributed by atoms with van der Waals surface area (Å²) in [6, 6.07) is 15.9. The molecule has 2 N–H and O–H groups in total. The van der Waals surface area contributed by atoms with Crippen molar-refractivity contribution in [3.05, 3.63) is 65.2 Å². The molecule has 0 spiro atoms. The summed E-state index contributed by atoms with van der Waals surface area (Å²) >= 11 is 5.79. The van der Waals surface area contributed by atoms with E-state index in [1.165, 1.54) is 11.9 Å². The Labute approximate surface area is 157 Å². The van der Waals surface area contributed by atoms with Gasteiger partial charge in [-0.3, -0.25) is 14.4 Å². The average molecular weight is 374 g/mol. The number of rotatable bonds is 7. The Hall–Kier alpha value is -2.86. The van der Waals surface area contributed by atoms with Gasteiger partial charge in [-0.05, 0) is 29.8 Å². The monoisotopic (exact) mass is 373 g/mol. The molecule has 0 atom stereocenters. The van der Waals surface area contributed by atoms with Gasteiger partial charge in [0.2, 0.25) is 17.7 Å². The Kier molecular flexibility index (Phi) is 7.17. The van der Waals surface area contributed by atoms with Crippen molar-refractivity contribution in [1.29, 1.82) is 0 Å². The van der Waals surface area contributed by atoms with Gasteiger partial charge in [-0.1, -0.05) is 41.9 Å². The second-order valence-electron chi connectivity index (χ2n) is 5.74. The van der Waals surface area contributed by atoms with E-state index in [0.717, 1.165) is 5.56 Å². The summed E-state index contributed by atoms with van der Waals surface area (Å²) in [4.78, 5) is 37.1. The zero-order valence-corrected chi connectivity index (χ0v) is 15.1. The first kappa shape index (κ1) is 19.5. The van der Waals surface area contributed by atoms with Gasteiger partial charge in [0.1, 0.15) is 0 Å². The van der Waals surface area contributed by atoms with Crippen molar-refractivity contribution in [1.82, 2.24) is 10.2 Å². The first-order valence-electron chi connectivity index (χ1n) is 8.04. The van der Waals surface area contributed by atoms with E-state index in [-0.39, 0.29) is 37.2 Å². The highest BCUT2D eigenvalue weighted by molar-refractivity contribution is 6.30. The number of halogens is 1. The topological polar surface area (TPSA) is 78.5 Å². The van der Waals surface area contributed by atoms with Gasteiger partial charge in [0.15, 0.2) is 0 Å². The zero-order chi connectivity index (χ0) is 18.9. The number of hydrogen-bond acceptors (Lipinski definition) is 3. The number of hydrogen-bond donors (Lipinski definition) is 2. The van der Waals surface area contributed by atoms with Gasteiger partial charge in [-0.25, -0.2) is 0 Å². The van der Waals surface area contributed by atoms with Crippen LogP contribution in [0.5, 0.6) is 0 Å². The number of amides is 3. The quantitative estimate of drug-likeness (QED) is 0.780. The minimum atomic E-state index is -0.349. The molecule has 26 heavy (non-hydrogen) atoms. The van der Waals surface area contributed by atoms with Gasteiger partial charge >= 0.3 is 0 Å². The summed E-state index contributed by atoms with van der Waals surface area (Å²) < 4.78 is 0. The Morgan fingerprint density at radius 1 is 0.962 bits per heavy atom. The number of benzene rings is 2. The Morgan fingerprint density at radius 2 is 1.62 bits per heavy atom. The molecule has 7 heteroatoms. The van der Waals surface area contributed by atoms with Crippen LogP contribution in [0.2, 0.25) is 5.02 Å². The molecule has 0 aliphatic rings. The highest BCUT2D eigenvalue weighted by atomic mass is 35.5. The van der Waals surface area contributed by atoms with Gasteiger partial charge in [0.25, 0.3) is 0 Å². The number of carbonyl (C=O) groups is 3. The van der Waals surface area contributed by atoms with Gasteiger partial charge < -0.3 is 15.5 Å². The molecule has 0 saturated heterocycles. The van der Waals surface area contributed by atoms with Crippen molar-refractivity contribution >= 4 is 35.0 Å². The maximum absolute atomic E-state index is 12.0. The molecule has 0 aliphatic heterocycles. The molecular weight excluding hydrogens is 354 g/mol. The predicted octanol–water partition coefficient (Wildman–Crippen LogP) is 2.10. The van der Waals surface area contributed by atoms with Crippen LogP contribution in [-0.2, 0) is 20.8 Å². The van der Waals surface area contributed by atoms with Crippen LogP contribution < -0.4 is 10.6 Å². The van der Waals surface area contributed by atoms with Crippen LogP contribution in [0.1, 0.15) is 5.56 Å². The lowest BCUT2D eigenvalue weighted by molar-refractivity contribution is -0.134. The lowest BCUT2D eigenvalue weighted by Gasteiger charge is -2.17. The normalized spacial score (nSPS) is 10.1. The van der Waals surface area contributed by atoms with E-state index < -0.39 is 0 Å². The molecule has 0 bridgehead atoms. The van der Waals surface area contributed by atoms with Crippen molar-refractivity contribution < 1.29 is 14.4 Å². The number of carbonyl (C=O) groups excluding carboxylic acids is 3. The summed E-state index contributed by atoms with van der Waals surface area (Å²) in [5, 5.41) is 5.81. The fraction of sp³-hybridized carbons (Fsp3) is 0.211. The number of likely N-dealkylation sites (N-methyl/N-ethyl adjacent to an activating group) is 1. The van der Waals surface area contributed by atoms with Crippen molar-refractivity contribution in [2.75, 3.05) is 25.5 Å². The van der Waals surface area contributed by atoms with Crippen LogP contribution in [0, 0.1) is 0 Å². The van der Waals surface area contributed by atoms with Crippen LogP contribution in [0.15, 0.2) is 54.6 Å². The molecule has 0 radical (unpaired) electrons. The molecule has 0 aromatic heterocycles. The summed E-state index contributed by atoms with van der Waals surface area (Å²) in [5.41, 5.74) is 1.46. The van der Waals surface area contributed by atoms with Crippen molar-refractivity contribution in [3.8, 4) is 0 Å². The van der Waals surface area contributed by atoms with E-state index >= 15 is 0 Å². The predicted molar refractivity (Wildman–Crippen MR) is 101 cm³/mol. The van der Waals surface area contributed by atoms with Crippen molar-refractivity contribution in [2.45, 2.75) is 6.42 Å². The highest BCUT2D eigenvalue weighted by Gasteiger charge is 2.14. The Bertz CT molecular complexity index is 763. The molecule has 0 saturated carbocycles. The third kappa shape index (κ3) is 6.57. The molecule has 2 rings (SSSR count). The molecule has 6 nitrogen and oxygen atoms in total. The lowest BCUT2D eigenvalue weighted by Crippen LogP contribution is -2.41. The molecule has 3 amide bonds. The summed E-state index contributed by atoms with van der Waals surface area (Å²) in [5.74, 6) is -0.931. The summed E-state index contributed by atoms with van der Waals surface area (Å²) in [6.07, 6.45) is 0.203. The lowest BCUT2D eigenvalue weighted by atomic mass is 10.1. The number of anilines is 1. The van der Waals surface area contributed by atoms with E-state index in [2.05, 4.69) is 10.6 Å². The van der Waals surface area contributed by atoms with E-state index in [1.807, 2.05) is 30.3 Å². The van der Waals surface area contributed by atoms with Crippen LogP contribution >= 0.6 is 11.6 Å². The fourth-order valence-corrected chi connectivity index (χ4v) is 2.32. The van der Waals surface area contributed by atoms with E-state index in [9.17, 15) is 14.4 Å². The number of nitrogens with zero attached hydrogens (tertiary/aromatic N) is 1. The second kappa shape index (κ2) is 9.58. The maximum Gasteiger partial charge on any atom is 0.243 e. The maximum atomic E-state index is 12.0. The molecule has 2 aromatic carbocycles. The molecule has 2 aromatic rings. The minimum Gasteiger partial charge on any atom is -0.347 e. The third-order valence-electron chi connectivity index (χ3n) is 3.58. The van der Waals surface area contributed by atoms with Gasteiger partial charge in [0.05, 0.1) is 19.5 Å². The molecule has 0 heterocycles. The van der Waals surface area contributed by atoms with Crippen LogP contribution in [0.25, 0.3) is 0 Å². The van der Waals surface area contributed by atoms with Gasteiger partial charge in [-0.15, -0.1) is 0 Å². The standard InChI is InChI=1S/C19H20ClN3O3/c1-23(13-18(25)22-16-9-7-15(20)8-10-16)19(26)12-21-17(24)11-14-5-3-2-4-6-14/h2-10H,11-13H2,1H3,(H,21,24)(H,22,25). The van der Waals surface area contributed by atoms with Gasteiger partial charge in [-0.2, -0.15) is 0 Å². The second-order valence-corrected chi connectivity index (χ2v) is 6.18. The Morgan fingerprint density at radius 3 is 2.27 bits per heavy atom. The first-order valence-corrected chi connectivity index (χ1v) is 8.42. The largest absolute Gasteiger partial charge is 0.347 e. The van der Waals surface area contributed by atoms with Crippen LogP contribution in [0.3, 0.4) is 0 Å². The summed E-state index contributed by atoms with van der Waals surface area (Å²) in [7, 11) is 1.51. The van der Waals surface area contributed by atoms with E-state index in [1.54, 1.807) is 24.3 Å². The molecule has 0 unspecified atom stereocenters. The SMILES string of the molecule is CN(CC(=O)Nc1ccc(Cl)cc1)C(=O)CNC(=O)Cc1ccccc1. The third-order valence-corrected chi connectivity index (χ3v) is 3.83. The number of nitrogens with one attached hydrogen (secondary N) is 2. The van der Waals surface area contributed by atoms with E-state index in [4.69, 9.17) is 11.6 Å². The van der Waals surface area contributed by atoms with Crippen molar-refractivity contribution in [2.24, 2.45) is 0 Å². The zero-order valence-electron chi connectivity index (χ0n) is 14.4. The smallest absolute Gasteiger partial charge is 0.243 e. The summed E-state index contributed by atoms with van der Waals surface area (Å²) in [6.45, 7) is -0.271. The highest BCUT2D eigenvalue weighted by Crippen LogP contribution is 2.13. The van der Waals surface area contributed by atoms with Gasteiger partial charge in [0, 0.05) is 17.8 Å². The average Bonchev–Trinajstić information content (AvgIpc) is 2.62. The van der Waals surface area contributed by atoms with Crippen LogP contribution in [-0.4, -0.2) is 42.8 Å². The molecule has 0 aliphatic carbocycles. The fourth-order valence-electron chi connectivity index (χ4n) is 2.19. The molecule has 0 fully saturated rings. The molecule has 136 valence electrons. The van der Waals surface area contributed by atoms with Crippen LogP contribution in [0.4, 0.5) is 5.69 Å². The van der Waals surface area contributed by atoms with Crippen molar-refractivity contribution in [3.63, 3.8) is 0 Å². The van der Waals surface area contributed by atoms with E-state index in [0.29, 0.717) is 10.7 Å². The first-order chi connectivity index (χ1) is 12.4. The Balaban J connectivity index is 1.73. The molecular formula is C19H20ClN3O3. The minimum absolute atomic E-state index is 0.115.